The Morgan fingerprint density at radius 1 is 1.08 bits per heavy atom. The molecule has 0 saturated carbocycles. The number of hydrogen-bond donors (Lipinski definition) is 2. The van der Waals surface area contributed by atoms with E-state index in [4.69, 9.17) is 0 Å². The Balaban J connectivity index is 1.77. The third kappa shape index (κ3) is 4.47. The highest BCUT2D eigenvalue weighted by Gasteiger charge is 2.09. The van der Waals surface area contributed by atoms with Gasteiger partial charge < -0.3 is 10.6 Å². The van der Waals surface area contributed by atoms with Gasteiger partial charge >= 0.3 is 0 Å². The number of nitrogens with zero attached hydrogens (tertiary/aromatic N) is 1. The van der Waals surface area contributed by atoms with Crippen LogP contribution < -0.4 is 10.6 Å². The van der Waals surface area contributed by atoms with Crippen LogP contribution in [0.5, 0.6) is 0 Å². The molecule has 3 aromatic rings. The third-order valence-corrected chi connectivity index (χ3v) is 5.40. The van der Waals surface area contributed by atoms with Crippen LogP contribution in [0.4, 0.5) is 16.5 Å². The van der Waals surface area contributed by atoms with Crippen LogP contribution in [0.2, 0.25) is 0 Å². The smallest absolute Gasteiger partial charge is 0.221 e. The molecule has 0 radical (unpaired) electrons. The van der Waals surface area contributed by atoms with E-state index in [2.05, 4.69) is 15.6 Å². The van der Waals surface area contributed by atoms with Gasteiger partial charge in [0.2, 0.25) is 5.91 Å². The predicted octanol–water partition coefficient (Wildman–Crippen LogP) is 3.92. The number of aromatic nitrogens is 1. The average molecular weight is 387 g/mol. The molecule has 0 aliphatic carbocycles. The molecule has 6 nitrogen and oxygen atoms in total. The first kappa shape index (κ1) is 18.1. The third-order valence-electron chi connectivity index (χ3n) is 3.52. The predicted molar refractivity (Wildman–Crippen MR) is 105 cm³/mol. The van der Waals surface area contributed by atoms with Gasteiger partial charge in [-0.3, -0.25) is 4.79 Å². The minimum Gasteiger partial charge on any atom is -0.331 e. The fourth-order valence-corrected chi connectivity index (χ4v) is 3.71. The number of carbonyl (C=O) groups is 1. The molecular formula is C18H17N3O3S2. The van der Waals surface area contributed by atoms with Gasteiger partial charge in [-0.25, -0.2) is 13.4 Å². The van der Waals surface area contributed by atoms with Crippen LogP contribution in [0, 0.1) is 0 Å². The summed E-state index contributed by atoms with van der Waals surface area (Å²) in [5.74, 6) is -0.128. The largest absolute Gasteiger partial charge is 0.331 e. The second kappa shape index (κ2) is 7.27. The van der Waals surface area contributed by atoms with E-state index in [0.717, 1.165) is 16.9 Å². The van der Waals surface area contributed by atoms with Crippen molar-refractivity contribution in [3.8, 4) is 11.3 Å². The molecule has 26 heavy (non-hydrogen) atoms. The monoisotopic (exact) mass is 387 g/mol. The highest BCUT2D eigenvalue weighted by atomic mass is 32.2. The molecule has 0 spiro atoms. The van der Waals surface area contributed by atoms with Gasteiger partial charge in [-0.1, -0.05) is 18.2 Å². The first-order chi connectivity index (χ1) is 12.3. The number of carbonyl (C=O) groups excluding carboxylic acids is 1. The number of thiazole rings is 1. The summed E-state index contributed by atoms with van der Waals surface area (Å²) in [6, 6.07) is 14.0. The van der Waals surface area contributed by atoms with Crippen LogP contribution in [0.1, 0.15) is 6.92 Å². The van der Waals surface area contributed by atoms with Gasteiger partial charge in [-0.05, 0) is 30.3 Å². The van der Waals surface area contributed by atoms with Gasteiger partial charge in [-0.15, -0.1) is 11.3 Å². The number of amides is 1. The van der Waals surface area contributed by atoms with E-state index in [1.54, 1.807) is 24.3 Å². The number of rotatable bonds is 5. The molecule has 1 aromatic heterocycles. The highest BCUT2D eigenvalue weighted by Crippen LogP contribution is 2.28. The molecule has 2 N–H and O–H groups in total. The van der Waals surface area contributed by atoms with Crippen LogP contribution in [0.3, 0.4) is 0 Å². The minimum atomic E-state index is -3.21. The van der Waals surface area contributed by atoms with Crippen molar-refractivity contribution in [3.63, 3.8) is 0 Å². The van der Waals surface area contributed by atoms with Crippen molar-refractivity contribution in [2.24, 2.45) is 0 Å². The van der Waals surface area contributed by atoms with E-state index in [1.165, 1.54) is 24.5 Å². The van der Waals surface area contributed by atoms with E-state index < -0.39 is 9.84 Å². The highest BCUT2D eigenvalue weighted by molar-refractivity contribution is 7.90. The van der Waals surface area contributed by atoms with Crippen molar-refractivity contribution in [2.75, 3.05) is 16.9 Å². The number of benzene rings is 2. The Kier molecular flexibility index (Phi) is 5.06. The molecule has 0 atom stereocenters. The number of sulfone groups is 1. The molecule has 0 aliphatic heterocycles. The summed E-state index contributed by atoms with van der Waals surface area (Å²) < 4.78 is 23.1. The molecule has 2 aromatic carbocycles. The standard InChI is InChI=1S/C18H17N3O3S2/c1-12(22)19-14-4-3-5-15(10-14)20-18-21-17(11-25-18)13-6-8-16(9-7-13)26(2,23)24/h3-11H,1-2H3,(H,19,22)(H,20,21). The summed E-state index contributed by atoms with van der Waals surface area (Å²) >= 11 is 1.44. The van der Waals surface area contributed by atoms with Crippen molar-refractivity contribution in [1.29, 1.82) is 0 Å². The molecule has 0 bridgehead atoms. The maximum absolute atomic E-state index is 11.5. The van der Waals surface area contributed by atoms with Crippen molar-refractivity contribution in [1.82, 2.24) is 4.98 Å². The molecule has 0 aliphatic rings. The maximum Gasteiger partial charge on any atom is 0.221 e. The van der Waals surface area contributed by atoms with Crippen molar-refractivity contribution in [3.05, 3.63) is 53.9 Å². The minimum absolute atomic E-state index is 0.128. The van der Waals surface area contributed by atoms with Gasteiger partial charge in [0.1, 0.15) is 0 Å². The normalized spacial score (nSPS) is 11.2. The van der Waals surface area contributed by atoms with E-state index >= 15 is 0 Å². The lowest BCUT2D eigenvalue weighted by atomic mass is 10.2. The zero-order valence-corrected chi connectivity index (χ0v) is 15.8. The fraction of sp³-hybridized carbons (Fsp3) is 0.111. The van der Waals surface area contributed by atoms with Crippen LogP contribution in [-0.4, -0.2) is 25.6 Å². The maximum atomic E-state index is 11.5. The first-order valence-electron chi connectivity index (χ1n) is 7.72. The average Bonchev–Trinajstić information content (AvgIpc) is 3.02. The summed E-state index contributed by atoms with van der Waals surface area (Å²) in [5, 5.41) is 8.54. The second-order valence-electron chi connectivity index (χ2n) is 5.72. The van der Waals surface area contributed by atoms with Crippen molar-refractivity contribution >= 4 is 43.6 Å². The second-order valence-corrected chi connectivity index (χ2v) is 8.60. The Morgan fingerprint density at radius 2 is 1.77 bits per heavy atom. The molecule has 0 saturated heterocycles. The summed E-state index contributed by atoms with van der Waals surface area (Å²) in [5.41, 5.74) is 3.12. The van der Waals surface area contributed by atoms with Crippen LogP contribution in [0.15, 0.2) is 58.8 Å². The number of anilines is 3. The van der Waals surface area contributed by atoms with E-state index in [1.807, 2.05) is 29.6 Å². The Morgan fingerprint density at radius 3 is 2.42 bits per heavy atom. The van der Waals surface area contributed by atoms with E-state index in [0.29, 0.717) is 10.8 Å². The van der Waals surface area contributed by atoms with Crippen molar-refractivity contribution in [2.45, 2.75) is 11.8 Å². The number of hydrogen-bond acceptors (Lipinski definition) is 6. The van der Waals surface area contributed by atoms with Gasteiger partial charge in [-0.2, -0.15) is 0 Å². The molecule has 0 unspecified atom stereocenters. The molecule has 1 amide bonds. The lowest BCUT2D eigenvalue weighted by molar-refractivity contribution is -0.114. The summed E-state index contributed by atoms with van der Waals surface area (Å²) in [6.07, 6.45) is 1.18. The SMILES string of the molecule is CC(=O)Nc1cccc(Nc2nc(-c3ccc(S(C)(=O)=O)cc3)cs2)c1. The Hall–Kier alpha value is -2.71. The lowest BCUT2D eigenvalue weighted by Gasteiger charge is -2.06. The molecule has 0 fully saturated rings. The topological polar surface area (TPSA) is 88.2 Å². The van der Waals surface area contributed by atoms with Crippen LogP contribution >= 0.6 is 11.3 Å². The van der Waals surface area contributed by atoms with Gasteiger partial charge in [0.15, 0.2) is 15.0 Å². The van der Waals surface area contributed by atoms with Gasteiger partial charge in [0.05, 0.1) is 10.6 Å². The van der Waals surface area contributed by atoms with Gasteiger partial charge in [0.25, 0.3) is 0 Å². The van der Waals surface area contributed by atoms with Crippen LogP contribution in [0.25, 0.3) is 11.3 Å². The molecule has 134 valence electrons. The molecule has 8 heteroatoms. The quantitative estimate of drug-likeness (QED) is 0.693. The molecule has 3 rings (SSSR count). The Labute approximate surface area is 155 Å². The number of nitrogens with one attached hydrogen (secondary N) is 2. The Bertz CT molecular complexity index is 1040. The zero-order chi connectivity index (χ0) is 18.7. The lowest BCUT2D eigenvalue weighted by Crippen LogP contribution is -2.05. The van der Waals surface area contributed by atoms with Crippen LogP contribution in [-0.2, 0) is 14.6 Å². The summed E-state index contributed by atoms with van der Waals surface area (Å²) in [6.45, 7) is 1.46. The molecular weight excluding hydrogens is 370 g/mol. The zero-order valence-electron chi connectivity index (χ0n) is 14.2. The summed E-state index contributed by atoms with van der Waals surface area (Å²) in [7, 11) is -3.21. The molecule has 1 heterocycles. The van der Waals surface area contributed by atoms with E-state index in [-0.39, 0.29) is 10.8 Å². The fourth-order valence-electron chi connectivity index (χ4n) is 2.34. The van der Waals surface area contributed by atoms with Crippen molar-refractivity contribution < 1.29 is 13.2 Å². The summed E-state index contributed by atoms with van der Waals surface area (Å²) in [4.78, 5) is 16.0. The van der Waals surface area contributed by atoms with E-state index in [9.17, 15) is 13.2 Å². The first-order valence-corrected chi connectivity index (χ1v) is 10.5. The van der Waals surface area contributed by atoms with Gasteiger partial charge in [0, 0.05) is 35.5 Å².